The van der Waals surface area contributed by atoms with Crippen LogP contribution in [0.5, 0.6) is 0 Å². The van der Waals surface area contributed by atoms with Gasteiger partial charge in [0.25, 0.3) is 0 Å². The van der Waals surface area contributed by atoms with Crippen molar-refractivity contribution in [2.75, 3.05) is 33.0 Å². The SMILES string of the molecule is CC/C=C\C/C=C\C/C=C\C/C=C\CCCCCCCCCOCC(COC1OC(COC2OC(CO)C(O)C(O)C2O)C(O)C(O)C1O)OC(=O)CCCCCCC/C=C\C/C=C\CCCC. The summed E-state index contributed by atoms with van der Waals surface area (Å²) < 4.78 is 34.3. The van der Waals surface area contributed by atoms with E-state index >= 15 is 0 Å². The molecule has 11 unspecified atom stereocenters. The molecule has 392 valence electrons. The summed E-state index contributed by atoms with van der Waals surface area (Å²) in [7, 11) is 0. The maximum atomic E-state index is 13.0. The number of rotatable bonds is 40. The lowest BCUT2D eigenvalue weighted by Gasteiger charge is -2.42. The fourth-order valence-electron chi connectivity index (χ4n) is 7.70. The summed E-state index contributed by atoms with van der Waals surface area (Å²) in [4.78, 5) is 13.0. The van der Waals surface area contributed by atoms with Crippen molar-refractivity contribution < 1.29 is 69.0 Å². The monoisotopic (exact) mass is 965 g/mol. The second-order valence-corrected chi connectivity index (χ2v) is 18.0. The van der Waals surface area contributed by atoms with E-state index in [4.69, 9.17) is 28.4 Å². The van der Waals surface area contributed by atoms with Crippen molar-refractivity contribution in [1.29, 1.82) is 0 Å². The predicted octanol–water partition coefficient (Wildman–Crippen LogP) is 7.90. The molecule has 2 saturated heterocycles. The van der Waals surface area contributed by atoms with E-state index in [9.17, 15) is 40.5 Å². The molecule has 14 nitrogen and oxygen atoms in total. The Hall–Kier alpha value is -2.57. The van der Waals surface area contributed by atoms with Crippen LogP contribution in [0.15, 0.2) is 72.9 Å². The Morgan fingerprint density at radius 2 is 0.956 bits per heavy atom. The molecule has 0 aromatic rings. The number of esters is 1. The zero-order valence-electron chi connectivity index (χ0n) is 41.6. The Morgan fingerprint density at radius 1 is 0.500 bits per heavy atom. The van der Waals surface area contributed by atoms with Gasteiger partial charge in [0, 0.05) is 13.0 Å². The highest BCUT2D eigenvalue weighted by Gasteiger charge is 2.47. The van der Waals surface area contributed by atoms with Gasteiger partial charge in [-0.15, -0.1) is 0 Å². The van der Waals surface area contributed by atoms with E-state index in [0.29, 0.717) is 13.0 Å². The second-order valence-electron chi connectivity index (χ2n) is 18.0. The first kappa shape index (κ1) is 61.5. The zero-order chi connectivity index (χ0) is 49.5. The molecule has 11 atom stereocenters. The minimum atomic E-state index is -1.71. The van der Waals surface area contributed by atoms with E-state index in [1.807, 2.05) is 0 Å². The average Bonchev–Trinajstić information content (AvgIpc) is 3.33. The number of aliphatic hydroxyl groups is 7. The van der Waals surface area contributed by atoms with Gasteiger partial charge in [0.1, 0.15) is 54.9 Å². The number of aliphatic hydroxyl groups excluding tert-OH is 7. The van der Waals surface area contributed by atoms with Gasteiger partial charge in [0.05, 0.1) is 26.4 Å². The minimum Gasteiger partial charge on any atom is -0.457 e. The zero-order valence-corrected chi connectivity index (χ0v) is 41.6. The lowest BCUT2D eigenvalue weighted by Crippen LogP contribution is -2.61. The molecule has 0 aliphatic carbocycles. The largest absolute Gasteiger partial charge is 0.457 e. The molecule has 68 heavy (non-hydrogen) atoms. The van der Waals surface area contributed by atoms with Crippen LogP contribution >= 0.6 is 0 Å². The number of hydrogen-bond acceptors (Lipinski definition) is 14. The standard InChI is InChI=1S/C54H92O14/c1-3-5-7-9-11-13-15-17-19-20-21-22-23-24-26-28-30-32-34-36-38-63-40-43(66-46(56)37-35-33-31-29-27-25-18-16-14-12-10-8-6-4-2)41-64-53-52(62)50(60)48(58)45(68-53)42-65-54-51(61)49(59)47(57)44(39-55)67-54/h5,7,10-13,16-19,21-22,43-45,47-55,57-62H,3-4,6,8-9,14-15,20,23-42H2,1-2H3/b7-5-,12-10-,13-11-,18-16-,19-17-,22-21-. The average molecular weight is 965 g/mol. The second kappa shape index (κ2) is 41.1. The van der Waals surface area contributed by atoms with Gasteiger partial charge in [-0.3, -0.25) is 4.79 Å². The van der Waals surface area contributed by atoms with E-state index in [0.717, 1.165) is 103 Å². The Bertz CT molecular complexity index is 1400. The molecule has 2 aliphatic rings. The Balaban J connectivity index is 1.77. The van der Waals surface area contributed by atoms with Crippen LogP contribution in [-0.2, 0) is 33.2 Å². The van der Waals surface area contributed by atoms with E-state index in [-0.39, 0.29) is 19.6 Å². The van der Waals surface area contributed by atoms with E-state index < -0.39 is 86.7 Å². The fourth-order valence-corrected chi connectivity index (χ4v) is 7.70. The molecule has 2 aliphatic heterocycles. The number of unbranched alkanes of at least 4 members (excludes halogenated alkanes) is 14. The molecule has 7 N–H and O–H groups in total. The summed E-state index contributed by atoms with van der Waals surface area (Å²) in [5.41, 5.74) is 0. The summed E-state index contributed by atoms with van der Waals surface area (Å²) in [5.74, 6) is -0.398. The molecule has 0 spiro atoms. The Morgan fingerprint density at radius 3 is 1.50 bits per heavy atom. The van der Waals surface area contributed by atoms with E-state index in [1.165, 1.54) is 32.1 Å². The van der Waals surface area contributed by atoms with Gasteiger partial charge in [-0.05, 0) is 77.0 Å². The molecule has 0 saturated carbocycles. The lowest BCUT2D eigenvalue weighted by molar-refractivity contribution is -0.332. The summed E-state index contributed by atoms with van der Waals surface area (Å²) >= 11 is 0. The first-order valence-electron chi connectivity index (χ1n) is 26.0. The highest BCUT2D eigenvalue weighted by atomic mass is 16.7. The van der Waals surface area contributed by atoms with Crippen LogP contribution in [0.4, 0.5) is 0 Å². The number of allylic oxidation sites excluding steroid dienone is 12. The summed E-state index contributed by atoms with van der Waals surface area (Å²) in [6.07, 6.45) is 33.9. The highest BCUT2D eigenvalue weighted by Crippen LogP contribution is 2.26. The fraction of sp³-hybridized carbons (Fsp3) is 0.759. The smallest absolute Gasteiger partial charge is 0.306 e. The maximum absolute atomic E-state index is 13.0. The number of hydrogen-bond donors (Lipinski definition) is 7. The van der Waals surface area contributed by atoms with Crippen LogP contribution in [0, 0.1) is 0 Å². The minimum absolute atomic E-state index is 0.0444. The van der Waals surface area contributed by atoms with Crippen LogP contribution in [-0.4, -0.2) is 142 Å². The predicted molar refractivity (Wildman–Crippen MR) is 265 cm³/mol. The van der Waals surface area contributed by atoms with Crippen LogP contribution in [0.25, 0.3) is 0 Å². The van der Waals surface area contributed by atoms with Crippen LogP contribution < -0.4 is 0 Å². The molecular formula is C54H92O14. The molecule has 0 radical (unpaired) electrons. The van der Waals surface area contributed by atoms with Crippen molar-refractivity contribution in [3.05, 3.63) is 72.9 Å². The van der Waals surface area contributed by atoms with E-state index in [1.54, 1.807) is 0 Å². The highest BCUT2D eigenvalue weighted by molar-refractivity contribution is 5.69. The van der Waals surface area contributed by atoms with E-state index in [2.05, 4.69) is 86.8 Å². The quantitative estimate of drug-likeness (QED) is 0.0177. The van der Waals surface area contributed by atoms with Gasteiger partial charge in [-0.1, -0.05) is 151 Å². The van der Waals surface area contributed by atoms with Gasteiger partial charge in [-0.25, -0.2) is 0 Å². The molecule has 2 rings (SSSR count). The van der Waals surface area contributed by atoms with Gasteiger partial charge in [0.2, 0.25) is 0 Å². The Labute approximate surface area is 408 Å². The lowest BCUT2D eigenvalue weighted by atomic mass is 9.98. The number of ether oxygens (including phenoxy) is 6. The van der Waals surface area contributed by atoms with Crippen molar-refractivity contribution in [1.82, 2.24) is 0 Å². The third kappa shape index (κ3) is 28.3. The normalized spacial score (nSPS) is 26.5. The topological polar surface area (TPSA) is 214 Å². The molecule has 0 aromatic carbocycles. The molecule has 0 aromatic heterocycles. The van der Waals surface area contributed by atoms with Gasteiger partial charge in [0.15, 0.2) is 12.6 Å². The van der Waals surface area contributed by atoms with Crippen molar-refractivity contribution in [3.8, 4) is 0 Å². The molecule has 2 heterocycles. The van der Waals surface area contributed by atoms with Gasteiger partial charge >= 0.3 is 5.97 Å². The first-order valence-corrected chi connectivity index (χ1v) is 26.0. The van der Waals surface area contributed by atoms with Crippen molar-refractivity contribution in [3.63, 3.8) is 0 Å². The van der Waals surface area contributed by atoms with Gasteiger partial charge < -0.3 is 64.2 Å². The molecular weight excluding hydrogens is 873 g/mol. The molecule has 14 heteroatoms. The van der Waals surface area contributed by atoms with Crippen LogP contribution in [0.1, 0.15) is 162 Å². The van der Waals surface area contributed by atoms with Crippen molar-refractivity contribution in [2.24, 2.45) is 0 Å². The van der Waals surface area contributed by atoms with Crippen LogP contribution in [0.3, 0.4) is 0 Å². The molecule has 0 bridgehead atoms. The van der Waals surface area contributed by atoms with Crippen molar-refractivity contribution in [2.45, 2.75) is 229 Å². The van der Waals surface area contributed by atoms with Gasteiger partial charge in [-0.2, -0.15) is 0 Å². The van der Waals surface area contributed by atoms with Crippen LogP contribution in [0.2, 0.25) is 0 Å². The van der Waals surface area contributed by atoms with Crippen molar-refractivity contribution >= 4 is 5.97 Å². The molecule has 0 amide bonds. The summed E-state index contributed by atoms with van der Waals surface area (Å²) in [5, 5.41) is 72.1. The first-order chi connectivity index (χ1) is 33.1. The Kier molecular flexibility index (Phi) is 37.2. The summed E-state index contributed by atoms with van der Waals surface area (Å²) in [6.45, 7) is 3.47. The third-order valence-corrected chi connectivity index (χ3v) is 11.9. The number of carbonyl (C=O) groups excluding carboxylic acids is 1. The third-order valence-electron chi connectivity index (χ3n) is 11.9. The summed E-state index contributed by atoms with van der Waals surface area (Å²) in [6, 6.07) is 0. The molecule has 2 fully saturated rings. The number of carbonyl (C=O) groups is 1. The maximum Gasteiger partial charge on any atom is 0.306 e.